The summed E-state index contributed by atoms with van der Waals surface area (Å²) in [5, 5.41) is 22.9. The average Bonchev–Trinajstić information content (AvgIpc) is 3.41. The lowest BCUT2D eigenvalue weighted by Gasteiger charge is -2.23. The second-order valence-corrected chi connectivity index (χ2v) is 7.25. The Labute approximate surface area is 178 Å². The number of nitriles is 1. The number of oxime groups is 1. The van der Waals surface area contributed by atoms with Gasteiger partial charge in [-0.2, -0.15) is 5.26 Å². The summed E-state index contributed by atoms with van der Waals surface area (Å²) in [6.45, 7) is 1.53. The first kappa shape index (κ1) is 20.6. The van der Waals surface area contributed by atoms with E-state index in [0.29, 0.717) is 28.8 Å². The predicted octanol–water partition coefficient (Wildman–Crippen LogP) is 2.61. The number of carbonyl (C=O) groups excluding carboxylic acids is 1. The van der Waals surface area contributed by atoms with E-state index in [1.807, 2.05) is 6.07 Å². The van der Waals surface area contributed by atoms with E-state index in [-0.39, 0.29) is 48.5 Å². The van der Waals surface area contributed by atoms with Crippen molar-refractivity contribution in [3.8, 4) is 28.7 Å². The molecule has 0 saturated carbocycles. The molecule has 1 atom stereocenters. The normalized spacial score (nSPS) is 18.4. The second-order valence-electron chi connectivity index (χ2n) is 7.25. The molecule has 0 aromatic heterocycles. The summed E-state index contributed by atoms with van der Waals surface area (Å²) in [6, 6.07) is 7.39. The average molecular weight is 425 g/mol. The number of halogens is 1. The van der Waals surface area contributed by atoms with Crippen molar-refractivity contribution in [1.29, 1.82) is 5.26 Å². The van der Waals surface area contributed by atoms with Gasteiger partial charge in [0.1, 0.15) is 12.9 Å². The minimum absolute atomic E-state index is 0.120. The largest absolute Gasteiger partial charge is 0.453 e. The molecule has 2 heterocycles. The minimum Gasteiger partial charge on any atom is -0.453 e. The molecule has 2 aliphatic heterocycles. The van der Waals surface area contributed by atoms with Crippen LogP contribution in [0.2, 0.25) is 0 Å². The number of hydrogen-bond donors (Lipinski definition) is 1. The molecular weight excluding hydrogens is 405 g/mol. The molecule has 0 radical (unpaired) electrons. The zero-order chi connectivity index (χ0) is 22.1. The number of rotatable bonds is 4. The number of fused-ring (bicyclic) bond motifs is 1. The zero-order valence-electron chi connectivity index (χ0n) is 17.0. The Morgan fingerprint density at radius 2 is 2.13 bits per heavy atom. The van der Waals surface area contributed by atoms with Crippen LogP contribution in [0.25, 0.3) is 11.1 Å². The molecule has 160 valence electrons. The van der Waals surface area contributed by atoms with Gasteiger partial charge in [-0.25, -0.2) is 4.39 Å². The van der Waals surface area contributed by atoms with E-state index in [9.17, 15) is 19.6 Å². The van der Waals surface area contributed by atoms with Crippen LogP contribution in [0.4, 0.5) is 4.39 Å². The molecule has 2 aromatic carbocycles. The number of ether oxygens (including phenoxy) is 2. The lowest BCUT2D eigenvalue weighted by Crippen LogP contribution is -2.38. The molecule has 1 N–H and O–H groups in total. The van der Waals surface area contributed by atoms with Crippen LogP contribution in [0.1, 0.15) is 27.9 Å². The maximum Gasteiger partial charge on any atom is 0.258 e. The van der Waals surface area contributed by atoms with Crippen molar-refractivity contribution in [2.75, 3.05) is 27.1 Å². The summed E-state index contributed by atoms with van der Waals surface area (Å²) in [5.41, 5.74) is 2.33. The Morgan fingerprint density at radius 1 is 1.35 bits per heavy atom. The number of carbonyl (C=O) groups is 1. The first-order chi connectivity index (χ1) is 15.0. The highest BCUT2D eigenvalue weighted by molar-refractivity contribution is 6.03. The standard InChI is InChI=1S/C22H20FN3O5/c1-12-13(8-24)3-6-18(23)19(12)16-4-5-17(21-20(16)30-11-31-21)22(28)26-9-14(25-29-2)7-15(26)10-27/h3-6,15,27H,7,9-11H2,1-2H3/b25-14+/t15-/m0/s1. The molecule has 0 bridgehead atoms. The fourth-order valence-corrected chi connectivity index (χ4v) is 4.02. The summed E-state index contributed by atoms with van der Waals surface area (Å²) in [5.74, 6) is -0.420. The van der Waals surface area contributed by atoms with Crippen LogP contribution >= 0.6 is 0 Å². The number of hydrogen-bond acceptors (Lipinski definition) is 7. The van der Waals surface area contributed by atoms with Crippen LogP contribution in [0.3, 0.4) is 0 Å². The maximum absolute atomic E-state index is 14.7. The molecule has 8 nitrogen and oxygen atoms in total. The van der Waals surface area contributed by atoms with E-state index in [0.717, 1.165) is 0 Å². The van der Waals surface area contributed by atoms with Gasteiger partial charge in [-0.15, -0.1) is 0 Å². The molecule has 1 saturated heterocycles. The van der Waals surface area contributed by atoms with Gasteiger partial charge < -0.3 is 24.3 Å². The highest BCUT2D eigenvalue weighted by Crippen LogP contribution is 2.46. The molecular formula is C22H20FN3O5. The quantitative estimate of drug-likeness (QED) is 0.755. The maximum atomic E-state index is 14.7. The van der Waals surface area contributed by atoms with E-state index in [4.69, 9.17) is 14.3 Å². The van der Waals surface area contributed by atoms with E-state index in [1.54, 1.807) is 19.1 Å². The third-order valence-corrected chi connectivity index (χ3v) is 5.51. The summed E-state index contributed by atoms with van der Waals surface area (Å²) in [7, 11) is 1.42. The third-order valence-electron chi connectivity index (χ3n) is 5.51. The van der Waals surface area contributed by atoms with Gasteiger partial charge in [0.15, 0.2) is 11.5 Å². The molecule has 2 aliphatic rings. The van der Waals surface area contributed by atoms with Gasteiger partial charge in [-0.1, -0.05) is 5.16 Å². The summed E-state index contributed by atoms with van der Waals surface area (Å²) < 4.78 is 25.9. The third kappa shape index (κ3) is 3.45. The van der Waals surface area contributed by atoms with Crippen LogP contribution in [-0.2, 0) is 4.84 Å². The number of benzene rings is 2. The topological polar surface area (TPSA) is 104 Å². The van der Waals surface area contributed by atoms with Crippen molar-refractivity contribution in [3.05, 3.63) is 46.8 Å². The highest BCUT2D eigenvalue weighted by atomic mass is 19.1. The van der Waals surface area contributed by atoms with E-state index < -0.39 is 11.9 Å². The van der Waals surface area contributed by atoms with Gasteiger partial charge >= 0.3 is 0 Å². The van der Waals surface area contributed by atoms with Gasteiger partial charge in [-0.3, -0.25) is 4.79 Å². The molecule has 0 spiro atoms. The Balaban J connectivity index is 1.78. The smallest absolute Gasteiger partial charge is 0.258 e. The molecule has 1 amide bonds. The SMILES string of the molecule is CO/N=C1\C[C@@H](CO)N(C(=O)c2ccc(-c3c(F)ccc(C#N)c3C)c3c2OCO3)C1. The van der Waals surface area contributed by atoms with Crippen molar-refractivity contribution in [1.82, 2.24) is 4.90 Å². The number of nitrogens with zero attached hydrogens (tertiary/aromatic N) is 3. The summed E-state index contributed by atoms with van der Waals surface area (Å²) in [6.07, 6.45) is 0.402. The summed E-state index contributed by atoms with van der Waals surface area (Å²) in [4.78, 5) is 19.6. The van der Waals surface area contributed by atoms with Crippen molar-refractivity contribution in [3.63, 3.8) is 0 Å². The van der Waals surface area contributed by atoms with Gasteiger partial charge in [0.05, 0.1) is 42.1 Å². The molecule has 2 aromatic rings. The van der Waals surface area contributed by atoms with Gasteiger partial charge in [0.25, 0.3) is 5.91 Å². The minimum atomic E-state index is -0.506. The van der Waals surface area contributed by atoms with E-state index in [2.05, 4.69) is 5.16 Å². The number of aliphatic hydroxyl groups is 1. The lowest BCUT2D eigenvalue weighted by atomic mass is 9.94. The molecule has 0 unspecified atom stereocenters. The van der Waals surface area contributed by atoms with Crippen molar-refractivity contribution < 1.29 is 28.6 Å². The van der Waals surface area contributed by atoms with Gasteiger partial charge in [0, 0.05) is 17.5 Å². The summed E-state index contributed by atoms with van der Waals surface area (Å²) >= 11 is 0. The first-order valence-electron chi connectivity index (χ1n) is 9.63. The van der Waals surface area contributed by atoms with Crippen LogP contribution in [0.15, 0.2) is 29.4 Å². The number of aliphatic hydroxyl groups excluding tert-OH is 1. The first-order valence-corrected chi connectivity index (χ1v) is 9.63. The lowest BCUT2D eigenvalue weighted by molar-refractivity contribution is 0.0675. The Hall–Kier alpha value is -3.64. The molecule has 31 heavy (non-hydrogen) atoms. The van der Waals surface area contributed by atoms with Gasteiger partial charge in [0.2, 0.25) is 6.79 Å². The van der Waals surface area contributed by atoms with Crippen LogP contribution in [0.5, 0.6) is 11.5 Å². The Kier molecular flexibility index (Phi) is 5.48. The Morgan fingerprint density at radius 3 is 2.84 bits per heavy atom. The predicted molar refractivity (Wildman–Crippen MR) is 108 cm³/mol. The molecule has 1 fully saturated rings. The Bertz CT molecular complexity index is 1130. The zero-order valence-corrected chi connectivity index (χ0v) is 17.0. The monoisotopic (exact) mass is 425 g/mol. The molecule has 9 heteroatoms. The highest BCUT2D eigenvalue weighted by Gasteiger charge is 2.36. The van der Waals surface area contributed by atoms with Crippen molar-refractivity contribution >= 4 is 11.6 Å². The molecule has 0 aliphatic carbocycles. The number of likely N-dealkylation sites (tertiary alicyclic amines) is 1. The van der Waals surface area contributed by atoms with E-state index >= 15 is 0 Å². The van der Waals surface area contributed by atoms with Gasteiger partial charge in [-0.05, 0) is 36.8 Å². The van der Waals surface area contributed by atoms with E-state index in [1.165, 1.54) is 24.1 Å². The fraction of sp³-hybridized carbons (Fsp3) is 0.318. The second kappa shape index (κ2) is 8.24. The van der Waals surface area contributed by atoms with Crippen molar-refractivity contribution in [2.24, 2.45) is 5.16 Å². The van der Waals surface area contributed by atoms with Crippen LogP contribution in [0, 0.1) is 24.1 Å². The fourth-order valence-electron chi connectivity index (χ4n) is 4.02. The van der Waals surface area contributed by atoms with Crippen LogP contribution < -0.4 is 9.47 Å². The molecule has 4 rings (SSSR count). The number of amides is 1. The van der Waals surface area contributed by atoms with Crippen LogP contribution in [-0.4, -0.2) is 54.7 Å². The van der Waals surface area contributed by atoms with Crippen molar-refractivity contribution in [2.45, 2.75) is 19.4 Å².